The number of hydrogen-bond acceptors (Lipinski definition) is 2. The van der Waals surface area contributed by atoms with Crippen LogP contribution in [0, 0.1) is 0 Å². The monoisotopic (exact) mass is 278 g/mol. The van der Waals surface area contributed by atoms with Crippen LogP contribution in [0.1, 0.15) is 53.4 Å². The maximum absolute atomic E-state index is 11.8. The van der Waals surface area contributed by atoms with Gasteiger partial charge in [-0.05, 0) is 31.3 Å². The lowest BCUT2D eigenvalue weighted by Gasteiger charge is -2.35. The highest BCUT2D eigenvalue weighted by Crippen LogP contribution is 2.59. The molecule has 0 spiro atoms. The van der Waals surface area contributed by atoms with Gasteiger partial charge >= 0.3 is 13.6 Å². The van der Waals surface area contributed by atoms with Crippen molar-refractivity contribution < 1.29 is 24.3 Å². The van der Waals surface area contributed by atoms with Crippen molar-refractivity contribution in [2.45, 2.75) is 58.5 Å². The molecule has 0 aromatic carbocycles. The molecule has 0 atom stereocenters. The Labute approximate surface area is 108 Å². The van der Waals surface area contributed by atoms with Crippen LogP contribution in [0.25, 0.3) is 0 Å². The van der Waals surface area contributed by atoms with E-state index in [0.29, 0.717) is 12.0 Å². The SMILES string of the molecule is CC/C(C(=O)O)=C(/CC)C(CC)(CC)P(=O)(O)O. The van der Waals surface area contributed by atoms with E-state index in [1.165, 1.54) is 0 Å². The van der Waals surface area contributed by atoms with Crippen molar-refractivity contribution in [3.05, 3.63) is 11.1 Å². The smallest absolute Gasteiger partial charge is 0.335 e. The Balaban J connectivity index is 6.18. The summed E-state index contributed by atoms with van der Waals surface area (Å²) in [6.07, 6.45) is 1.06. The van der Waals surface area contributed by atoms with Crippen molar-refractivity contribution in [1.82, 2.24) is 0 Å². The first kappa shape index (κ1) is 17.4. The molecule has 3 N–H and O–H groups in total. The lowest BCUT2D eigenvalue weighted by atomic mass is 9.86. The maximum Gasteiger partial charge on any atom is 0.335 e. The Hall–Kier alpha value is -0.640. The van der Waals surface area contributed by atoms with Gasteiger partial charge in [0.25, 0.3) is 0 Å². The molecular weight excluding hydrogens is 255 g/mol. The highest BCUT2D eigenvalue weighted by Gasteiger charge is 2.47. The fourth-order valence-corrected chi connectivity index (χ4v) is 4.05. The fourth-order valence-electron chi connectivity index (χ4n) is 2.58. The highest BCUT2D eigenvalue weighted by atomic mass is 31.2. The van der Waals surface area contributed by atoms with Gasteiger partial charge < -0.3 is 14.9 Å². The number of carboxylic acids is 1. The molecule has 0 aromatic heterocycles. The number of rotatable bonds is 7. The summed E-state index contributed by atoms with van der Waals surface area (Å²) in [4.78, 5) is 30.5. The minimum Gasteiger partial charge on any atom is -0.478 e. The predicted octanol–water partition coefficient (Wildman–Crippen LogP) is 2.92. The summed E-state index contributed by atoms with van der Waals surface area (Å²) in [5.41, 5.74) is 0.514. The zero-order valence-corrected chi connectivity index (χ0v) is 12.3. The largest absolute Gasteiger partial charge is 0.478 e. The summed E-state index contributed by atoms with van der Waals surface area (Å²) in [5.74, 6) is -1.09. The molecule has 106 valence electrons. The van der Waals surface area contributed by atoms with Gasteiger partial charge in [0.05, 0.1) is 5.16 Å². The van der Waals surface area contributed by atoms with Gasteiger partial charge in [0, 0.05) is 5.57 Å². The number of aliphatic carboxylic acids is 1. The molecule has 0 aromatic rings. The van der Waals surface area contributed by atoms with Gasteiger partial charge in [-0.25, -0.2) is 4.79 Å². The summed E-state index contributed by atoms with van der Waals surface area (Å²) in [6, 6.07) is 0. The second-order valence-corrected chi connectivity index (χ2v) is 6.20. The van der Waals surface area contributed by atoms with Gasteiger partial charge in [0.15, 0.2) is 0 Å². The van der Waals surface area contributed by atoms with Crippen LogP contribution >= 0.6 is 7.60 Å². The van der Waals surface area contributed by atoms with Crippen LogP contribution in [-0.2, 0) is 9.36 Å². The topological polar surface area (TPSA) is 94.8 Å². The van der Waals surface area contributed by atoms with Gasteiger partial charge in [0.1, 0.15) is 0 Å². The summed E-state index contributed by atoms with van der Waals surface area (Å²) < 4.78 is 11.8. The molecular formula is C12H23O5P. The van der Waals surface area contributed by atoms with E-state index in [2.05, 4.69) is 0 Å². The Morgan fingerprint density at radius 3 is 1.67 bits per heavy atom. The average Bonchev–Trinajstić information content (AvgIpc) is 2.27. The van der Waals surface area contributed by atoms with E-state index in [0.717, 1.165) is 0 Å². The van der Waals surface area contributed by atoms with Crippen LogP contribution in [0.4, 0.5) is 0 Å². The summed E-state index contributed by atoms with van der Waals surface area (Å²) in [7, 11) is -4.41. The van der Waals surface area contributed by atoms with Gasteiger partial charge in [-0.2, -0.15) is 0 Å². The Morgan fingerprint density at radius 2 is 1.50 bits per heavy atom. The molecule has 0 unspecified atom stereocenters. The molecule has 5 nitrogen and oxygen atoms in total. The molecule has 0 aliphatic carbocycles. The third-order valence-electron chi connectivity index (χ3n) is 3.62. The second-order valence-electron chi connectivity index (χ2n) is 4.25. The van der Waals surface area contributed by atoms with Crippen LogP contribution in [0.2, 0.25) is 0 Å². The van der Waals surface area contributed by atoms with Gasteiger partial charge in [-0.3, -0.25) is 4.57 Å². The number of carboxylic acid groups (broad SMARTS) is 1. The van der Waals surface area contributed by atoms with Crippen molar-refractivity contribution >= 4 is 13.6 Å². The number of hydrogen-bond donors (Lipinski definition) is 3. The van der Waals surface area contributed by atoms with E-state index in [4.69, 9.17) is 0 Å². The summed E-state index contributed by atoms with van der Waals surface area (Å²) >= 11 is 0. The highest BCUT2D eigenvalue weighted by molar-refractivity contribution is 7.53. The van der Waals surface area contributed by atoms with E-state index in [9.17, 15) is 24.3 Å². The quantitative estimate of drug-likeness (QED) is 0.491. The minimum atomic E-state index is -4.41. The van der Waals surface area contributed by atoms with Gasteiger partial charge in [-0.15, -0.1) is 0 Å². The molecule has 0 rings (SSSR count). The second kappa shape index (κ2) is 6.50. The van der Waals surface area contributed by atoms with Gasteiger partial charge in [-0.1, -0.05) is 27.7 Å². The number of carbonyl (C=O) groups is 1. The first-order chi connectivity index (χ1) is 8.21. The van der Waals surface area contributed by atoms with Crippen LogP contribution in [0.5, 0.6) is 0 Å². The standard InChI is InChI=1S/C12H23O5P/c1-5-9(11(13)14)10(6-2)12(7-3,8-4)18(15,16)17/h5-8H2,1-4H3,(H,13,14)(H2,15,16,17)/b10-9+. The van der Waals surface area contributed by atoms with E-state index in [1.54, 1.807) is 27.7 Å². The van der Waals surface area contributed by atoms with Crippen LogP contribution in [0.3, 0.4) is 0 Å². The lowest BCUT2D eigenvalue weighted by Crippen LogP contribution is -2.32. The van der Waals surface area contributed by atoms with Crippen LogP contribution < -0.4 is 0 Å². The number of allylic oxidation sites excluding steroid dienone is 1. The van der Waals surface area contributed by atoms with E-state index in [1.807, 2.05) is 0 Å². The summed E-state index contributed by atoms with van der Waals surface area (Å²) in [6.45, 7) is 6.80. The third kappa shape index (κ3) is 3.02. The van der Waals surface area contributed by atoms with Crippen LogP contribution in [0.15, 0.2) is 11.1 Å². The fraction of sp³-hybridized carbons (Fsp3) is 0.750. The van der Waals surface area contributed by atoms with E-state index >= 15 is 0 Å². The lowest BCUT2D eigenvalue weighted by molar-refractivity contribution is -0.132. The van der Waals surface area contributed by atoms with Crippen molar-refractivity contribution in [3.63, 3.8) is 0 Å². The Bertz CT molecular complexity index is 376. The summed E-state index contributed by atoms with van der Waals surface area (Å²) in [5, 5.41) is 7.84. The van der Waals surface area contributed by atoms with E-state index in [-0.39, 0.29) is 24.8 Å². The zero-order valence-electron chi connectivity index (χ0n) is 11.4. The molecule has 0 heterocycles. The van der Waals surface area contributed by atoms with Crippen molar-refractivity contribution in [2.75, 3.05) is 0 Å². The molecule has 0 aliphatic rings. The molecule has 6 heteroatoms. The molecule has 0 saturated heterocycles. The minimum absolute atomic E-state index is 0.129. The van der Waals surface area contributed by atoms with E-state index < -0.39 is 18.7 Å². The molecule has 0 fully saturated rings. The maximum atomic E-state index is 11.8. The average molecular weight is 278 g/mol. The third-order valence-corrected chi connectivity index (χ3v) is 5.64. The Kier molecular flexibility index (Phi) is 6.27. The van der Waals surface area contributed by atoms with Crippen molar-refractivity contribution in [1.29, 1.82) is 0 Å². The Morgan fingerprint density at radius 1 is 1.06 bits per heavy atom. The molecule has 0 bridgehead atoms. The molecule has 0 radical (unpaired) electrons. The molecule has 0 aliphatic heterocycles. The van der Waals surface area contributed by atoms with Crippen molar-refractivity contribution in [3.8, 4) is 0 Å². The molecule has 18 heavy (non-hydrogen) atoms. The van der Waals surface area contributed by atoms with Gasteiger partial charge in [0.2, 0.25) is 0 Å². The van der Waals surface area contributed by atoms with Crippen molar-refractivity contribution in [2.24, 2.45) is 0 Å². The first-order valence-electron chi connectivity index (χ1n) is 6.23. The normalized spacial score (nSPS) is 14.3. The first-order valence-corrected chi connectivity index (χ1v) is 7.84. The molecule has 0 amide bonds. The predicted molar refractivity (Wildman–Crippen MR) is 70.6 cm³/mol. The zero-order chi connectivity index (χ0) is 14.6. The van der Waals surface area contributed by atoms with Crippen LogP contribution in [-0.4, -0.2) is 26.0 Å². The molecule has 0 saturated carbocycles.